The van der Waals surface area contributed by atoms with Gasteiger partial charge in [0.1, 0.15) is 5.72 Å². The molecule has 0 radical (unpaired) electrons. The van der Waals surface area contributed by atoms with Gasteiger partial charge in [-0.25, -0.2) is 0 Å². The molecule has 0 saturated heterocycles. The summed E-state index contributed by atoms with van der Waals surface area (Å²) in [6.07, 6.45) is 13.3. The Kier molecular flexibility index (Phi) is 7.06. The molecule has 1 aliphatic carbocycles. The van der Waals surface area contributed by atoms with Gasteiger partial charge in [-0.2, -0.15) is 0 Å². The standard InChI is InChI=1S/C14H29NO/c1-2-3-4-7-10-13-15-14(16)11-8-5-6-9-12-14/h15-16H,2-13H2,1H3. The summed E-state index contributed by atoms with van der Waals surface area (Å²) in [5.41, 5.74) is -0.540. The van der Waals surface area contributed by atoms with Crippen LogP contribution >= 0.6 is 0 Å². The van der Waals surface area contributed by atoms with Crippen LogP contribution in [0.4, 0.5) is 0 Å². The van der Waals surface area contributed by atoms with Crippen LogP contribution in [0.3, 0.4) is 0 Å². The lowest BCUT2D eigenvalue weighted by Crippen LogP contribution is -2.45. The van der Waals surface area contributed by atoms with Crippen LogP contribution in [-0.4, -0.2) is 17.4 Å². The summed E-state index contributed by atoms with van der Waals surface area (Å²) in [6, 6.07) is 0. The summed E-state index contributed by atoms with van der Waals surface area (Å²) < 4.78 is 0. The highest BCUT2D eigenvalue weighted by Crippen LogP contribution is 2.24. The van der Waals surface area contributed by atoms with Gasteiger partial charge in [0.25, 0.3) is 0 Å². The number of hydrogen-bond donors (Lipinski definition) is 2. The number of unbranched alkanes of at least 4 members (excludes halogenated alkanes) is 4. The smallest absolute Gasteiger partial charge is 0.116 e. The summed E-state index contributed by atoms with van der Waals surface area (Å²) in [7, 11) is 0. The molecule has 1 rings (SSSR count). The zero-order chi connectivity index (χ0) is 11.7. The van der Waals surface area contributed by atoms with Gasteiger partial charge in [0.05, 0.1) is 0 Å². The highest BCUT2D eigenvalue weighted by molar-refractivity contribution is 4.78. The van der Waals surface area contributed by atoms with Gasteiger partial charge in [0.2, 0.25) is 0 Å². The maximum atomic E-state index is 10.3. The van der Waals surface area contributed by atoms with Crippen LogP contribution in [-0.2, 0) is 0 Å². The number of aliphatic hydroxyl groups is 1. The Morgan fingerprint density at radius 3 is 2.19 bits per heavy atom. The van der Waals surface area contributed by atoms with Crippen LogP contribution in [0.25, 0.3) is 0 Å². The van der Waals surface area contributed by atoms with E-state index in [1.165, 1.54) is 57.8 Å². The van der Waals surface area contributed by atoms with Crippen LogP contribution in [0.1, 0.15) is 77.6 Å². The largest absolute Gasteiger partial charge is 0.376 e. The monoisotopic (exact) mass is 227 g/mol. The predicted molar refractivity (Wildman–Crippen MR) is 69.4 cm³/mol. The molecule has 2 nitrogen and oxygen atoms in total. The molecule has 1 saturated carbocycles. The molecule has 2 N–H and O–H groups in total. The van der Waals surface area contributed by atoms with Gasteiger partial charge in [-0.05, 0) is 38.6 Å². The molecular weight excluding hydrogens is 198 g/mol. The summed E-state index contributed by atoms with van der Waals surface area (Å²) >= 11 is 0. The van der Waals surface area contributed by atoms with Gasteiger partial charge < -0.3 is 5.11 Å². The molecule has 0 amide bonds. The zero-order valence-corrected chi connectivity index (χ0v) is 10.9. The van der Waals surface area contributed by atoms with Crippen LogP contribution < -0.4 is 5.32 Å². The molecule has 96 valence electrons. The van der Waals surface area contributed by atoms with E-state index in [2.05, 4.69) is 12.2 Å². The summed E-state index contributed by atoms with van der Waals surface area (Å²) in [6.45, 7) is 3.23. The van der Waals surface area contributed by atoms with Crippen molar-refractivity contribution in [1.29, 1.82) is 0 Å². The van der Waals surface area contributed by atoms with Crippen molar-refractivity contribution in [2.75, 3.05) is 6.54 Å². The lowest BCUT2D eigenvalue weighted by molar-refractivity contribution is -0.00906. The molecule has 0 bridgehead atoms. The average Bonchev–Trinajstić information content (AvgIpc) is 2.49. The lowest BCUT2D eigenvalue weighted by atomic mass is 10.0. The minimum absolute atomic E-state index is 0.540. The normalized spacial score (nSPS) is 20.6. The van der Waals surface area contributed by atoms with E-state index < -0.39 is 5.72 Å². The van der Waals surface area contributed by atoms with Crippen molar-refractivity contribution in [3.05, 3.63) is 0 Å². The highest BCUT2D eigenvalue weighted by atomic mass is 16.3. The Hall–Kier alpha value is -0.0800. The van der Waals surface area contributed by atoms with E-state index in [9.17, 15) is 5.11 Å². The Morgan fingerprint density at radius 2 is 1.56 bits per heavy atom. The SMILES string of the molecule is CCCCCCCNC1(O)CCCCCC1. The Labute approximate surface area is 101 Å². The van der Waals surface area contributed by atoms with E-state index in [0.717, 1.165) is 19.4 Å². The summed E-state index contributed by atoms with van der Waals surface area (Å²) in [5, 5.41) is 13.7. The molecule has 0 atom stereocenters. The molecular formula is C14H29NO. The third-order valence-electron chi connectivity index (χ3n) is 3.67. The molecule has 1 aliphatic rings. The van der Waals surface area contributed by atoms with Crippen molar-refractivity contribution in [1.82, 2.24) is 5.32 Å². The third kappa shape index (κ3) is 5.86. The average molecular weight is 227 g/mol. The maximum absolute atomic E-state index is 10.3. The highest BCUT2D eigenvalue weighted by Gasteiger charge is 2.26. The first-order chi connectivity index (χ1) is 7.77. The van der Waals surface area contributed by atoms with Gasteiger partial charge in [-0.3, -0.25) is 5.32 Å². The molecule has 0 unspecified atom stereocenters. The Bertz CT molecular complexity index is 162. The quantitative estimate of drug-likeness (QED) is 0.396. The van der Waals surface area contributed by atoms with E-state index >= 15 is 0 Å². The fourth-order valence-electron chi connectivity index (χ4n) is 2.54. The van der Waals surface area contributed by atoms with Gasteiger partial charge in [-0.1, -0.05) is 45.4 Å². The van der Waals surface area contributed by atoms with E-state index in [0.29, 0.717) is 0 Å². The third-order valence-corrected chi connectivity index (χ3v) is 3.67. The van der Waals surface area contributed by atoms with Crippen molar-refractivity contribution in [2.45, 2.75) is 83.3 Å². The van der Waals surface area contributed by atoms with Crippen LogP contribution in [0.2, 0.25) is 0 Å². The maximum Gasteiger partial charge on any atom is 0.116 e. The minimum atomic E-state index is -0.540. The molecule has 0 aromatic carbocycles. The second-order valence-electron chi connectivity index (χ2n) is 5.29. The van der Waals surface area contributed by atoms with E-state index in [4.69, 9.17) is 0 Å². The molecule has 0 spiro atoms. The lowest BCUT2D eigenvalue weighted by Gasteiger charge is -2.28. The first-order valence-corrected chi connectivity index (χ1v) is 7.24. The van der Waals surface area contributed by atoms with E-state index in [1.54, 1.807) is 0 Å². The molecule has 1 fully saturated rings. The van der Waals surface area contributed by atoms with Crippen LogP contribution in [0.15, 0.2) is 0 Å². The van der Waals surface area contributed by atoms with Gasteiger partial charge in [0, 0.05) is 0 Å². The van der Waals surface area contributed by atoms with Crippen molar-refractivity contribution >= 4 is 0 Å². The van der Waals surface area contributed by atoms with Crippen molar-refractivity contribution in [3.63, 3.8) is 0 Å². The van der Waals surface area contributed by atoms with Crippen molar-refractivity contribution < 1.29 is 5.11 Å². The molecule has 0 aliphatic heterocycles. The molecule has 2 heteroatoms. The van der Waals surface area contributed by atoms with Gasteiger partial charge in [-0.15, -0.1) is 0 Å². The number of hydrogen-bond acceptors (Lipinski definition) is 2. The Balaban J connectivity index is 2.05. The van der Waals surface area contributed by atoms with Gasteiger partial charge >= 0.3 is 0 Å². The molecule has 0 aromatic heterocycles. The first kappa shape index (κ1) is 14.0. The zero-order valence-electron chi connectivity index (χ0n) is 10.9. The fraction of sp³-hybridized carbons (Fsp3) is 1.00. The van der Waals surface area contributed by atoms with Crippen LogP contribution in [0.5, 0.6) is 0 Å². The van der Waals surface area contributed by atoms with Crippen molar-refractivity contribution in [2.24, 2.45) is 0 Å². The summed E-state index contributed by atoms with van der Waals surface area (Å²) in [5.74, 6) is 0. The Morgan fingerprint density at radius 1 is 0.938 bits per heavy atom. The van der Waals surface area contributed by atoms with E-state index in [-0.39, 0.29) is 0 Å². The topological polar surface area (TPSA) is 32.3 Å². The van der Waals surface area contributed by atoms with Gasteiger partial charge in [0.15, 0.2) is 0 Å². The summed E-state index contributed by atoms with van der Waals surface area (Å²) in [4.78, 5) is 0. The second kappa shape index (κ2) is 8.08. The number of rotatable bonds is 7. The number of nitrogens with one attached hydrogen (secondary N) is 1. The first-order valence-electron chi connectivity index (χ1n) is 7.24. The van der Waals surface area contributed by atoms with Crippen molar-refractivity contribution in [3.8, 4) is 0 Å². The van der Waals surface area contributed by atoms with E-state index in [1.807, 2.05) is 0 Å². The minimum Gasteiger partial charge on any atom is -0.376 e. The molecule has 0 heterocycles. The predicted octanol–water partition coefficient (Wildman–Crippen LogP) is 3.59. The second-order valence-corrected chi connectivity index (χ2v) is 5.29. The molecule has 0 aromatic rings. The molecule has 16 heavy (non-hydrogen) atoms. The van der Waals surface area contributed by atoms with Crippen LogP contribution in [0, 0.1) is 0 Å². The fourth-order valence-corrected chi connectivity index (χ4v) is 2.54.